The lowest BCUT2D eigenvalue weighted by Crippen LogP contribution is -2.15. The third kappa shape index (κ3) is 2.41. The summed E-state index contributed by atoms with van der Waals surface area (Å²) in [5.41, 5.74) is 0.657. The van der Waals surface area contributed by atoms with E-state index in [9.17, 15) is 13.2 Å². The molecule has 0 amide bonds. The highest BCUT2D eigenvalue weighted by Gasteiger charge is 2.26. The fraction of sp³-hybridized carbons (Fsp3) is 0.333. The number of fused-ring (bicyclic) bond motifs is 1. The molecule has 1 N–H and O–H groups in total. The molecule has 0 radical (unpaired) electrons. The van der Waals surface area contributed by atoms with E-state index in [-0.39, 0.29) is 6.54 Å². The van der Waals surface area contributed by atoms with Crippen LogP contribution in [-0.2, 0) is 0 Å². The highest BCUT2D eigenvalue weighted by Crippen LogP contribution is 2.20. The highest BCUT2D eigenvalue weighted by molar-refractivity contribution is 5.66. The zero-order valence-electron chi connectivity index (χ0n) is 8.20. The van der Waals surface area contributed by atoms with Crippen LogP contribution in [0.4, 0.5) is 19.0 Å². The van der Waals surface area contributed by atoms with E-state index in [1.165, 1.54) is 6.20 Å². The molecule has 2 heterocycles. The Morgan fingerprint density at radius 3 is 2.88 bits per heavy atom. The normalized spacial score (nSPS) is 11.9. The van der Waals surface area contributed by atoms with Gasteiger partial charge in [0.2, 0.25) is 0 Å². The van der Waals surface area contributed by atoms with Crippen molar-refractivity contribution in [2.45, 2.75) is 12.6 Å². The van der Waals surface area contributed by atoms with Crippen molar-refractivity contribution in [1.29, 1.82) is 0 Å². The molecule has 2 rings (SSSR count). The van der Waals surface area contributed by atoms with Gasteiger partial charge in [0.15, 0.2) is 5.82 Å². The van der Waals surface area contributed by atoms with Crippen molar-refractivity contribution < 1.29 is 13.2 Å². The fourth-order valence-electron chi connectivity index (χ4n) is 1.32. The number of rotatable bonds is 3. The number of aromatic nitrogens is 3. The number of nitrogens with one attached hydrogen (secondary N) is 1. The first-order valence-electron chi connectivity index (χ1n) is 4.65. The van der Waals surface area contributed by atoms with E-state index in [1.807, 2.05) is 0 Å². The average molecular weight is 230 g/mol. The van der Waals surface area contributed by atoms with Crippen LogP contribution >= 0.6 is 0 Å². The molecular weight excluding hydrogens is 221 g/mol. The molecule has 4 nitrogen and oxygen atoms in total. The maximum absolute atomic E-state index is 11.9. The second-order valence-electron chi connectivity index (χ2n) is 3.23. The first kappa shape index (κ1) is 10.7. The van der Waals surface area contributed by atoms with Crippen molar-refractivity contribution in [2.75, 3.05) is 11.9 Å². The van der Waals surface area contributed by atoms with E-state index in [4.69, 9.17) is 0 Å². The molecule has 2 aromatic rings. The fourth-order valence-corrected chi connectivity index (χ4v) is 1.32. The molecule has 0 bridgehead atoms. The number of hydrogen-bond donors (Lipinski definition) is 1. The standard InChI is InChI=1S/C9H9F3N4/c10-9(11,12)2-4-13-8-7-1-3-15-16(7)6-5-14-8/h1,3,5-6H,2,4H2,(H,13,14). The van der Waals surface area contributed by atoms with Gasteiger partial charge in [-0.2, -0.15) is 18.3 Å². The molecule has 0 aliphatic carbocycles. The number of hydrogen-bond acceptors (Lipinski definition) is 3. The molecule has 0 aliphatic heterocycles. The molecule has 16 heavy (non-hydrogen) atoms. The van der Waals surface area contributed by atoms with Crippen molar-refractivity contribution in [3.8, 4) is 0 Å². The van der Waals surface area contributed by atoms with Crippen LogP contribution in [0.25, 0.3) is 5.52 Å². The number of halogens is 3. The Kier molecular flexibility index (Phi) is 2.67. The second kappa shape index (κ2) is 3.99. The Hall–Kier alpha value is -1.79. The van der Waals surface area contributed by atoms with E-state index in [1.54, 1.807) is 23.0 Å². The van der Waals surface area contributed by atoms with Gasteiger partial charge in [-0.05, 0) is 6.07 Å². The van der Waals surface area contributed by atoms with E-state index in [2.05, 4.69) is 15.4 Å². The van der Waals surface area contributed by atoms with E-state index >= 15 is 0 Å². The van der Waals surface area contributed by atoms with Crippen molar-refractivity contribution >= 4 is 11.3 Å². The Bertz CT molecular complexity index is 477. The van der Waals surface area contributed by atoms with Gasteiger partial charge in [-0.15, -0.1) is 0 Å². The van der Waals surface area contributed by atoms with Gasteiger partial charge in [0.25, 0.3) is 0 Å². The van der Waals surface area contributed by atoms with Crippen LogP contribution in [0.3, 0.4) is 0 Å². The lowest BCUT2D eigenvalue weighted by Gasteiger charge is -2.08. The summed E-state index contributed by atoms with van der Waals surface area (Å²) in [6, 6.07) is 1.68. The van der Waals surface area contributed by atoms with Gasteiger partial charge in [0, 0.05) is 18.9 Å². The average Bonchev–Trinajstić information content (AvgIpc) is 2.64. The molecule has 0 spiro atoms. The molecule has 0 unspecified atom stereocenters. The predicted octanol–water partition coefficient (Wildman–Crippen LogP) is 2.09. The molecule has 0 fully saturated rings. The van der Waals surface area contributed by atoms with E-state index in [0.29, 0.717) is 11.3 Å². The van der Waals surface area contributed by atoms with Crippen molar-refractivity contribution in [1.82, 2.24) is 14.6 Å². The van der Waals surface area contributed by atoms with Crippen LogP contribution in [0.1, 0.15) is 6.42 Å². The van der Waals surface area contributed by atoms with E-state index in [0.717, 1.165) is 0 Å². The van der Waals surface area contributed by atoms with Crippen molar-refractivity contribution in [2.24, 2.45) is 0 Å². The summed E-state index contributed by atoms with van der Waals surface area (Å²) in [6.45, 7) is -0.193. The Morgan fingerprint density at radius 2 is 2.12 bits per heavy atom. The van der Waals surface area contributed by atoms with Gasteiger partial charge in [-0.3, -0.25) is 0 Å². The Labute approximate surface area is 89.1 Å². The molecule has 7 heteroatoms. The Morgan fingerprint density at radius 1 is 1.31 bits per heavy atom. The van der Waals surface area contributed by atoms with Crippen LogP contribution in [0.5, 0.6) is 0 Å². The van der Waals surface area contributed by atoms with Crippen molar-refractivity contribution in [3.05, 3.63) is 24.7 Å². The van der Waals surface area contributed by atoms with Gasteiger partial charge in [0.05, 0.1) is 12.6 Å². The van der Waals surface area contributed by atoms with Gasteiger partial charge in [-0.1, -0.05) is 0 Å². The quantitative estimate of drug-likeness (QED) is 0.877. The first-order chi connectivity index (χ1) is 7.56. The molecular formula is C9H9F3N4. The summed E-state index contributed by atoms with van der Waals surface area (Å²) >= 11 is 0. The molecule has 0 saturated carbocycles. The summed E-state index contributed by atoms with van der Waals surface area (Å²) < 4.78 is 37.3. The Balaban J connectivity index is 2.07. The monoisotopic (exact) mass is 230 g/mol. The molecule has 0 atom stereocenters. The lowest BCUT2D eigenvalue weighted by molar-refractivity contribution is -0.131. The molecule has 2 aromatic heterocycles. The number of alkyl halides is 3. The summed E-state index contributed by atoms with van der Waals surface area (Å²) in [5, 5.41) is 6.59. The first-order valence-corrected chi connectivity index (χ1v) is 4.65. The summed E-state index contributed by atoms with van der Waals surface area (Å²) in [4.78, 5) is 3.96. The second-order valence-corrected chi connectivity index (χ2v) is 3.23. The van der Waals surface area contributed by atoms with Gasteiger partial charge in [-0.25, -0.2) is 9.50 Å². The number of nitrogens with zero attached hydrogens (tertiary/aromatic N) is 3. The maximum atomic E-state index is 11.9. The largest absolute Gasteiger partial charge is 0.390 e. The third-order valence-electron chi connectivity index (χ3n) is 2.03. The summed E-state index contributed by atoms with van der Waals surface area (Å²) in [7, 11) is 0. The topological polar surface area (TPSA) is 42.2 Å². The van der Waals surface area contributed by atoms with Gasteiger partial charge < -0.3 is 5.32 Å². The minimum Gasteiger partial charge on any atom is -0.368 e. The molecule has 0 aliphatic rings. The zero-order valence-corrected chi connectivity index (χ0v) is 8.20. The predicted molar refractivity (Wildman–Crippen MR) is 52.1 cm³/mol. The minimum atomic E-state index is -4.15. The molecule has 0 saturated heterocycles. The van der Waals surface area contributed by atoms with Gasteiger partial charge in [0.1, 0.15) is 5.52 Å². The van der Waals surface area contributed by atoms with Crippen LogP contribution in [0, 0.1) is 0 Å². The van der Waals surface area contributed by atoms with Crippen LogP contribution < -0.4 is 5.32 Å². The molecule has 0 aromatic carbocycles. The minimum absolute atomic E-state index is 0.193. The van der Waals surface area contributed by atoms with Crippen LogP contribution in [0.2, 0.25) is 0 Å². The molecule has 86 valence electrons. The van der Waals surface area contributed by atoms with E-state index < -0.39 is 12.6 Å². The highest BCUT2D eigenvalue weighted by atomic mass is 19.4. The van der Waals surface area contributed by atoms with Crippen molar-refractivity contribution in [3.63, 3.8) is 0 Å². The lowest BCUT2D eigenvalue weighted by atomic mass is 10.4. The third-order valence-corrected chi connectivity index (χ3v) is 2.03. The van der Waals surface area contributed by atoms with Crippen LogP contribution in [0.15, 0.2) is 24.7 Å². The summed E-state index contributed by atoms with van der Waals surface area (Å²) in [5.74, 6) is 0.407. The van der Waals surface area contributed by atoms with Gasteiger partial charge >= 0.3 is 6.18 Å². The SMILES string of the molecule is FC(F)(F)CCNc1nccn2nccc12. The smallest absolute Gasteiger partial charge is 0.368 e. The summed E-state index contributed by atoms with van der Waals surface area (Å²) in [6.07, 6.45) is -0.367. The van der Waals surface area contributed by atoms with Crippen LogP contribution in [-0.4, -0.2) is 27.3 Å². The number of anilines is 1. The zero-order chi connectivity index (χ0) is 11.6. The maximum Gasteiger partial charge on any atom is 0.390 e.